The van der Waals surface area contributed by atoms with Crippen LogP contribution in [0.4, 0.5) is 5.69 Å². The fraction of sp³-hybridized carbons (Fsp3) is 0.632. The van der Waals surface area contributed by atoms with Crippen LogP contribution in [0.5, 0.6) is 5.75 Å². The molecule has 1 N–H and O–H groups in total. The number of guanidine groups is 1. The van der Waals surface area contributed by atoms with Gasteiger partial charge in [0.15, 0.2) is 5.96 Å². The van der Waals surface area contributed by atoms with Crippen molar-refractivity contribution in [3.63, 3.8) is 0 Å². The Balaban J connectivity index is 0.00000300. The average molecular weight is 537 g/mol. The first-order chi connectivity index (χ1) is 13.5. The van der Waals surface area contributed by atoms with Crippen LogP contribution in [0.3, 0.4) is 0 Å². The molecular formula is C19H32IN5O3S. The first kappa shape index (κ1) is 24.0. The number of nitrogens with zero attached hydrogens (tertiary/aromatic N) is 4. The van der Waals surface area contributed by atoms with Gasteiger partial charge in [-0.3, -0.25) is 4.99 Å². The van der Waals surface area contributed by atoms with Gasteiger partial charge in [0.2, 0.25) is 10.0 Å². The lowest BCUT2D eigenvalue weighted by Gasteiger charge is -2.38. The highest BCUT2D eigenvalue weighted by Crippen LogP contribution is 2.28. The van der Waals surface area contributed by atoms with Crippen molar-refractivity contribution in [1.82, 2.24) is 14.5 Å². The second kappa shape index (κ2) is 11.2. The molecule has 0 bridgehead atoms. The van der Waals surface area contributed by atoms with Crippen LogP contribution in [0.15, 0.2) is 29.3 Å². The van der Waals surface area contributed by atoms with Gasteiger partial charge in [0, 0.05) is 45.8 Å². The number of ether oxygens (including phenoxy) is 1. The van der Waals surface area contributed by atoms with E-state index in [1.54, 1.807) is 11.4 Å². The van der Waals surface area contributed by atoms with Crippen molar-refractivity contribution in [3.05, 3.63) is 24.3 Å². The molecule has 0 radical (unpaired) electrons. The zero-order chi connectivity index (χ0) is 20.0. The van der Waals surface area contributed by atoms with Gasteiger partial charge in [-0.25, -0.2) is 12.7 Å². The average Bonchev–Trinajstić information content (AvgIpc) is 3.05. The summed E-state index contributed by atoms with van der Waals surface area (Å²) >= 11 is 0. The van der Waals surface area contributed by atoms with Gasteiger partial charge in [-0.15, -0.1) is 24.0 Å². The minimum atomic E-state index is -3.06. The van der Waals surface area contributed by atoms with E-state index in [2.05, 4.69) is 26.2 Å². The van der Waals surface area contributed by atoms with Gasteiger partial charge in [0.1, 0.15) is 5.75 Å². The molecule has 2 heterocycles. The maximum Gasteiger partial charge on any atom is 0.214 e. The Hall–Kier alpha value is -1.27. The molecule has 2 saturated heterocycles. The molecule has 0 aromatic heterocycles. The number of benzene rings is 1. The Labute approximate surface area is 191 Å². The molecule has 1 aromatic carbocycles. The molecule has 2 aliphatic rings. The second-order valence-electron chi connectivity index (χ2n) is 6.95. The topological polar surface area (TPSA) is 77.5 Å². The van der Waals surface area contributed by atoms with E-state index in [1.165, 1.54) is 0 Å². The van der Waals surface area contributed by atoms with Gasteiger partial charge in [0.25, 0.3) is 0 Å². The Kier molecular flexibility index (Phi) is 9.28. The van der Waals surface area contributed by atoms with Crippen LogP contribution in [0.1, 0.15) is 13.3 Å². The zero-order valence-corrected chi connectivity index (χ0v) is 20.4. The monoisotopic (exact) mass is 537 g/mol. The van der Waals surface area contributed by atoms with Crippen molar-refractivity contribution < 1.29 is 13.2 Å². The summed E-state index contributed by atoms with van der Waals surface area (Å²) in [6.07, 6.45) is 0.719. The van der Waals surface area contributed by atoms with Crippen molar-refractivity contribution in [1.29, 1.82) is 0 Å². The van der Waals surface area contributed by atoms with Crippen LogP contribution >= 0.6 is 24.0 Å². The van der Waals surface area contributed by atoms with Crippen molar-refractivity contribution in [2.24, 2.45) is 4.99 Å². The van der Waals surface area contributed by atoms with E-state index in [9.17, 15) is 8.42 Å². The zero-order valence-electron chi connectivity index (χ0n) is 17.2. The van der Waals surface area contributed by atoms with E-state index in [-0.39, 0.29) is 29.7 Å². The molecule has 3 rings (SSSR count). The summed E-state index contributed by atoms with van der Waals surface area (Å²) < 4.78 is 30.9. The summed E-state index contributed by atoms with van der Waals surface area (Å²) in [6, 6.07) is 8.08. The van der Waals surface area contributed by atoms with E-state index in [1.807, 2.05) is 25.1 Å². The predicted octanol–water partition coefficient (Wildman–Crippen LogP) is 1.44. The number of sulfonamides is 1. The maximum absolute atomic E-state index is 11.9. The summed E-state index contributed by atoms with van der Waals surface area (Å²) in [7, 11) is -1.36. The lowest BCUT2D eigenvalue weighted by Crippen LogP contribution is -2.52. The predicted molar refractivity (Wildman–Crippen MR) is 128 cm³/mol. The number of hydrogen-bond donors (Lipinski definition) is 1. The summed E-state index contributed by atoms with van der Waals surface area (Å²) in [4.78, 5) is 9.25. The highest BCUT2D eigenvalue weighted by atomic mass is 127. The number of piperazine rings is 1. The summed E-state index contributed by atoms with van der Waals surface area (Å²) in [5.74, 6) is 2.02. The lowest BCUT2D eigenvalue weighted by atomic mass is 10.2. The largest absolute Gasteiger partial charge is 0.495 e. The fourth-order valence-corrected chi connectivity index (χ4v) is 5.21. The third kappa shape index (κ3) is 6.11. The van der Waals surface area contributed by atoms with Crippen LogP contribution in [0, 0.1) is 0 Å². The van der Waals surface area contributed by atoms with Crippen LogP contribution in [0.25, 0.3) is 0 Å². The van der Waals surface area contributed by atoms with Crippen LogP contribution in [-0.4, -0.2) is 88.8 Å². The smallest absolute Gasteiger partial charge is 0.214 e. The molecule has 0 unspecified atom stereocenters. The van der Waals surface area contributed by atoms with Crippen LogP contribution in [0.2, 0.25) is 0 Å². The van der Waals surface area contributed by atoms with E-state index >= 15 is 0 Å². The molecule has 29 heavy (non-hydrogen) atoms. The minimum absolute atomic E-state index is 0. The summed E-state index contributed by atoms with van der Waals surface area (Å²) in [5, 5.41) is 3.34. The molecule has 0 spiro atoms. The van der Waals surface area contributed by atoms with Crippen molar-refractivity contribution in [2.75, 3.05) is 70.1 Å². The van der Waals surface area contributed by atoms with E-state index in [0.717, 1.165) is 56.5 Å². The van der Waals surface area contributed by atoms with E-state index in [4.69, 9.17) is 4.74 Å². The van der Waals surface area contributed by atoms with Gasteiger partial charge in [-0.2, -0.15) is 0 Å². The number of para-hydroxylation sites is 2. The van der Waals surface area contributed by atoms with Crippen molar-refractivity contribution in [2.45, 2.75) is 13.3 Å². The first-order valence-electron chi connectivity index (χ1n) is 9.94. The highest BCUT2D eigenvalue weighted by Gasteiger charge is 2.27. The molecule has 2 aliphatic heterocycles. The number of methoxy groups -OCH3 is 1. The van der Waals surface area contributed by atoms with Crippen molar-refractivity contribution >= 4 is 45.6 Å². The fourth-order valence-electron chi connectivity index (χ4n) is 3.69. The molecule has 0 amide bonds. The lowest BCUT2D eigenvalue weighted by molar-refractivity contribution is 0.366. The van der Waals surface area contributed by atoms with Gasteiger partial charge >= 0.3 is 0 Å². The molecule has 1 aromatic rings. The third-order valence-electron chi connectivity index (χ3n) is 5.15. The Morgan fingerprint density at radius 3 is 2.52 bits per heavy atom. The second-order valence-corrected chi connectivity index (χ2v) is 9.04. The Morgan fingerprint density at radius 2 is 1.90 bits per heavy atom. The van der Waals surface area contributed by atoms with Gasteiger partial charge in [-0.1, -0.05) is 12.1 Å². The van der Waals surface area contributed by atoms with Gasteiger partial charge < -0.3 is 19.9 Å². The molecule has 2 fully saturated rings. The SMILES string of the molecule is CCNC(=NCCN1CCCS1(=O)=O)N1CCN(c2ccccc2OC)CC1.I. The molecule has 164 valence electrons. The number of halogens is 1. The number of nitrogens with one attached hydrogen (secondary N) is 1. The maximum atomic E-state index is 11.9. The Bertz CT molecular complexity index is 782. The van der Waals surface area contributed by atoms with Gasteiger partial charge in [-0.05, 0) is 25.5 Å². The summed E-state index contributed by atoms with van der Waals surface area (Å²) in [5.41, 5.74) is 1.12. The quantitative estimate of drug-likeness (QED) is 0.336. The van der Waals surface area contributed by atoms with Crippen molar-refractivity contribution in [3.8, 4) is 5.75 Å². The number of hydrogen-bond acceptors (Lipinski definition) is 5. The van der Waals surface area contributed by atoms with Crippen LogP contribution < -0.4 is 15.0 Å². The Morgan fingerprint density at radius 1 is 1.17 bits per heavy atom. The first-order valence-corrected chi connectivity index (χ1v) is 11.5. The molecule has 10 heteroatoms. The number of aliphatic imine (C=N–C) groups is 1. The van der Waals surface area contributed by atoms with E-state index in [0.29, 0.717) is 19.6 Å². The molecule has 8 nitrogen and oxygen atoms in total. The molecule has 0 atom stereocenters. The third-order valence-corrected chi connectivity index (χ3v) is 7.11. The molecular weight excluding hydrogens is 505 g/mol. The van der Waals surface area contributed by atoms with Gasteiger partial charge in [0.05, 0.1) is 25.1 Å². The highest BCUT2D eigenvalue weighted by molar-refractivity contribution is 14.0. The standard InChI is InChI=1S/C19H31N5O3S.HI/c1-3-20-19(21-9-11-24-10-6-16-28(24,25)26)23-14-12-22(13-15-23)17-7-4-5-8-18(17)27-2;/h4-5,7-8H,3,6,9-16H2,1-2H3,(H,20,21);1H. The minimum Gasteiger partial charge on any atom is -0.495 e. The normalized spacial score (nSPS) is 19.7. The number of rotatable bonds is 6. The molecule has 0 aliphatic carbocycles. The molecule has 0 saturated carbocycles. The van der Waals surface area contributed by atoms with E-state index < -0.39 is 10.0 Å². The number of anilines is 1. The summed E-state index contributed by atoms with van der Waals surface area (Å²) in [6.45, 7) is 7.85. The van der Waals surface area contributed by atoms with Crippen LogP contribution in [-0.2, 0) is 10.0 Å².